The number of carboxylic acids is 1. The molecule has 0 aliphatic heterocycles. The Bertz CT molecular complexity index is 423. The number of carboxylic acid groups (broad SMARTS) is 1. The summed E-state index contributed by atoms with van der Waals surface area (Å²) in [5.41, 5.74) is 1.34. The summed E-state index contributed by atoms with van der Waals surface area (Å²) in [4.78, 5) is 11.2. The van der Waals surface area contributed by atoms with Crippen LogP contribution in [0.15, 0.2) is 36.1 Å². The molecule has 0 aliphatic carbocycles. The summed E-state index contributed by atoms with van der Waals surface area (Å²) in [6.07, 6.45) is -0.344. The van der Waals surface area contributed by atoms with Crippen molar-refractivity contribution >= 4 is 11.5 Å². The Kier molecular flexibility index (Phi) is 5.39. The van der Waals surface area contributed by atoms with Crippen LogP contribution in [0.3, 0.4) is 0 Å². The first-order chi connectivity index (χ1) is 8.61. The van der Waals surface area contributed by atoms with Gasteiger partial charge in [-0.2, -0.15) is 0 Å². The Balaban J connectivity index is 3.30. The first-order valence-electron chi connectivity index (χ1n) is 5.80. The van der Waals surface area contributed by atoms with Gasteiger partial charge in [0.05, 0.1) is 13.2 Å². The standard InChI is InChI=1S/C14H18O4/c1-4-18-10(2)12(13(17-3)14(15)16)11-8-6-5-7-9-11/h5-10H,4H2,1-3H3,(H,15,16). The molecule has 1 atom stereocenters. The predicted octanol–water partition coefficient (Wildman–Crippen LogP) is 2.55. The molecule has 0 aromatic heterocycles. The van der Waals surface area contributed by atoms with E-state index < -0.39 is 5.97 Å². The SMILES string of the molecule is CCOC(C)C(=C(OC)C(=O)O)c1ccccc1. The van der Waals surface area contributed by atoms with Gasteiger partial charge in [0.1, 0.15) is 0 Å². The fourth-order valence-electron chi connectivity index (χ4n) is 1.81. The predicted molar refractivity (Wildman–Crippen MR) is 69.1 cm³/mol. The molecule has 0 amide bonds. The minimum Gasteiger partial charge on any atom is -0.490 e. The fraction of sp³-hybridized carbons (Fsp3) is 0.357. The lowest BCUT2D eigenvalue weighted by Crippen LogP contribution is -2.17. The van der Waals surface area contributed by atoms with Crippen molar-refractivity contribution in [2.24, 2.45) is 0 Å². The minimum absolute atomic E-state index is 0.0813. The van der Waals surface area contributed by atoms with Gasteiger partial charge in [0.2, 0.25) is 5.76 Å². The Hall–Kier alpha value is -1.81. The van der Waals surface area contributed by atoms with Crippen molar-refractivity contribution in [3.63, 3.8) is 0 Å². The molecule has 0 spiro atoms. The van der Waals surface area contributed by atoms with Crippen molar-refractivity contribution in [3.8, 4) is 0 Å². The maximum atomic E-state index is 11.2. The zero-order valence-electron chi connectivity index (χ0n) is 10.8. The van der Waals surface area contributed by atoms with E-state index in [1.165, 1.54) is 7.11 Å². The van der Waals surface area contributed by atoms with Gasteiger partial charge in [-0.3, -0.25) is 0 Å². The lowest BCUT2D eigenvalue weighted by Gasteiger charge is -2.18. The van der Waals surface area contributed by atoms with Crippen LogP contribution in [0.5, 0.6) is 0 Å². The van der Waals surface area contributed by atoms with Gasteiger partial charge < -0.3 is 14.6 Å². The van der Waals surface area contributed by atoms with E-state index in [0.29, 0.717) is 12.2 Å². The molecular formula is C14H18O4. The van der Waals surface area contributed by atoms with Crippen LogP contribution < -0.4 is 0 Å². The van der Waals surface area contributed by atoms with E-state index in [1.54, 1.807) is 0 Å². The third kappa shape index (κ3) is 3.34. The summed E-state index contributed by atoms with van der Waals surface area (Å²) in [6.45, 7) is 4.19. The molecule has 1 N–H and O–H groups in total. The normalized spacial score (nSPS) is 13.7. The smallest absolute Gasteiger partial charge is 0.371 e. The van der Waals surface area contributed by atoms with E-state index in [0.717, 1.165) is 5.56 Å². The van der Waals surface area contributed by atoms with Gasteiger partial charge in [-0.05, 0) is 19.4 Å². The van der Waals surface area contributed by atoms with E-state index in [9.17, 15) is 9.90 Å². The first kappa shape index (κ1) is 14.3. The van der Waals surface area contributed by atoms with E-state index >= 15 is 0 Å². The molecule has 0 aliphatic rings. The maximum Gasteiger partial charge on any atom is 0.371 e. The third-order valence-corrected chi connectivity index (χ3v) is 2.55. The molecule has 1 rings (SSSR count). The second-order valence-electron chi connectivity index (χ2n) is 3.72. The molecular weight excluding hydrogens is 232 g/mol. The molecule has 0 fully saturated rings. The molecule has 18 heavy (non-hydrogen) atoms. The monoisotopic (exact) mass is 250 g/mol. The van der Waals surface area contributed by atoms with Crippen LogP contribution in [0.25, 0.3) is 5.57 Å². The van der Waals surface area contributed by atoms with Crippen LogP contribution in [0.4, 0.5) is 0 Å². The number of methoxy groups -OCH3 is 1. The molecule has 0 heterocycles. The quantitative estimate of drug-likeness (QED) is 0.622. The van der Waals surface area contributed by atoms with Gasteiger partial charge in [0.25, 0.3) is 0 Å². The minimum atomic E-state index is -1.09. The van der Waals surface area contributed by atoms with Crippen LogP contribution in [0.2, 0.25) is 0 Å². The molecule has 1 aromatic carbocycles. The van der Waals surface area contributed by atoms with Crippen molar-refractivity contribution in [1.29, 1.82) is 0 Å². The van der Waals surface area contributed by atoms with Crippen LogP contribution in [-0.4, -0.2) is 30.9 Å². The summed E-state index contributed by atoms with van der Waals surface area (Å²) in [5.74, 6) is -1.18. The lowest BCUT2D eigenvalue weighted by molar-refractivity contribution is -0.136. The number of ether oxygens (including phenoxy) is 2. The second-order valence-corrected chi connectivity index (χ2v) is 3.72. The lowest BCUT2D eigenvalue weighted by atomic mass is 9.99. The third-order valence-electron chi connectivity index (χ3n) is 2.55. The average Bonchev–Trinajstić information content (AvgIpc) is 2.36. The zero-order chi connectivity index (χ0) is 13.5. The van der Waals surface area contributed by atoms with E-state index in [4.69, 9.17) is 9.47 Å². The number of carbonyl (C=O) groups is 1. The molecule has 0 radical (unpaired) electrons. The van der Waals surface area contributed by atoms with E-state index in [2.05, 4.69) is 0 Å². The van der Waals surface area contributed by atoms with E-state index in [1.807, 2.05) is 44.2 Å². The molecule has 1 unspecified atom stereocenters. The van der Waals surface area contributed by atoms with Crippen molar-refractivity contribution in [3.05, 3.63) is 41.7 Å². The van der Waals surface area contributed by atoms with Crippen LogP contribution >= 0.6 is 0 Å². The molecule has 0 saturated heterocycles. The number of hydrogen-bond acceptors (Lipinski definition) is 3. The van der Waals surface area contributed by atoms with E-state index in [-0.39, 0.29) is 11.9 Å². The largest absolute Gasteiger partial charge is 0.490 e. The van der Waals surface area contributed by atoms with Gasteiger partial charge in [-0.15, -0.1) is 0 Å². The summed E-state index contributed by atoms with van der Waals surface area (Å²) in [5, 5.41) is 9.18. The Morgan fingerprint density at radius 1 is 1.33 bits per heavy atom. The highest BCUT2D eigenvalue weighted by Crippen LogP contribution is 2.25. The Labute approximate surface area is 107 Å². The van der Waals surface area contributed by atoms with Crippen molar-refractivity contribution in [2.75, 3.05) is 13.7 Å². The number of rotatable bonds is 6. The van der Waals surface area contributed by atoms with Crippen molar-refractivity contribution in [2.45, 2.75) is 20.0 Å². The van der Waals surface area contributed by atoms with Crippen molar-refractivity contribution in [1.82, 2.24) is 0 Å². The molecule has 4 nitrogen and oxygen atoms in total. The van der Waals surface area contributed by atoms with Gasteiger partial charge in [0.15, 0.2) is 0 Å². The molecule has 1 aromatic rings. The molecule has 0 bridgehead atoms. The summed E-state index contributed by atoms with van der Waals surface area (Å²) >= 11 is 0. The zero-order valence-corrected chi connectivity index (χ0v) is 10.8. The first-order valence-corrected chi connectivity index (χ1v) is 5.80. The van der Waals surface area contributed by atoms with Gasteiger partial charge >= 0.3 is 5.97 Å². The molecule has 0 saturated carbocycles. The maximum absolute atomic E-state index is 11.2. The highest BCUT2D eigenvalue weighted by atomic mass is 16.5. The van der Waals surface area contributed by atoms with Gasteiger partial charge in [0, 0.05) is 12.2 Å². The number of hydrogen-bond donors (Lipinski definition) is 1. The van der Waals surface area contributed by atoms with Crippen LogP contribution in [0.1, 0.15) is 19.4 Å². The topological polar surface area (TPSA) is 55.8 Å². The summed E-state index contributed by atoms with van der Waals surface area (Å²) in [6, 6.07) is 9.26. The Morgan fingerprint density at radius 2 is 1.94 bits per heavy atom. The Morgan fingerprint density at radius 3 is 2.39 bits per heavy atom. The van der Waals surface area contributed by atoms with Gasteiger partial charge in [-0.1, -0.05) is 30.3 Å². The highest BCUT2D eigenvalue weighted by Gasteiger charge is 2.22. The number of aliphatic carboxylic acids is 1. The summed E-state index contributed by atoms with van der Waals surface area (Å²) < 4.78 is 10.5. The highest BCUT2D eigenvalue weighted by molar-refractivity contribution is 5.95. The summed E-state index contributed by atoms with van der Waals surface area (Å²) in [7, 11) is 1.35. The van der Waals surface area contributed by atoms with Gasteiger partial charge in [-0.25, -0.2) is 4.79 Å². The van der Waals surface area contributed by atoms with Crippen LogP contribution in [-0.2, 0) is 14.3 Å². The molecule has 98 valence electrons. The second kappa shape index (κ2) is 6.81. The van der Waals surface area contributed by atoms with Crippen LogP contribution in [0, 0.1) is 0 Å². The van der Waals surface area contributed by atoms with Crippen molar-refractivity contribution < 1.29 is 19.4 Å². The fourth-order valence-corrected chi connectivity index (χ4v) is 1.81. The average molecular weight is 250 g/mol. The molecule has 4 heteroatoms. The number of benzene rings is 1.